The second kappa shape index (κ2) is 6.24. The fourth-order valence-electron chi connectivity index (χ4n) is 1.66. The molecule has 0 aliphatic rings. The van der Waals surface area contributed by atoms with E-state index >= 15 is 0 Å². The van der Waals surface area contributed by atoms with Gasteiger partial charge in [0.25, 0.3) is 5.56 Å². The number of aromatic nitrogens is 2. The zero-order valence-corrected chi connectivity index (χ0v) is 10.4. The van der Waals surface area contributed by atoms with Gasteiger partial charge in [-0.3, -0.25) is 4.79 Å². The molecule has 0 aliphatic heterocycles. The van der Waals surface area contributed by atoms with Crippen molar-refractivity contribution in [2.24, 2.45) is 11.7 Å². The lowest BCUT2D eigenvalue weighted by Gasteiger charge is -2.26. The molecule has 6 heteroatoms. The van der Waals surface area contributed by atoms with E-state index in [1.165, 1.54) is 6.33 Å². The van der Waals surface area contributed by atoms with Gasteiger partial charge in [-0.15, -0.1) is 0 Å². The van der Waals surface area contributed by atoms with E-state index in [2.05, 4.69) is 23.8 Å². The smallest absolute Gasteiger partial charge is 0.276 e. The Morgan fingerprint density at radius 3 is 2.82 bits per heavy atom. The molecule has 1 heterocycles. The summed E-state index contributed by atoms with van der Waals surface area (Å²) in [6, 6.07) is 0. The van der Waals surface area contributed by atoms with Gasteiger partial charge in [0.15, 0.2) is 5.82 Å². The molecular weight excluding hydrogens is 218 g/mol. The first kappa shape index (κ1) is 13.5. The average Bonchev–Trinajstić information content (AvgIpc) is 2.28. The van der Waals surface area contributed by atoms with E-state index in [1.807, 2.05) is 4.90 Å². The summed E-state index contributed by atoms with van der Waals surface area (Å²) in [6.07, 6.45) is 2.23. The monoisotopic (exact) mass is 239 g/mol. The fourth-order valence-corrected chi connectivity index (χ4v) is 1.66. The third-order valence-corrected chi connectivity index (χ3v) is 2.39. The van der Waals surface area contributed by atoms with Crippen molar-refractivity contribution >= 4 is 11.5 Å². The Morgan fingerprint density at radius 2 is 2.24 bits per heavy atom. The first-order chi connectivity index (χ1) is 8.06. The Kier molecular flexibility index (Phi) is 4.96. The highest BCUT2D eigenvalue weighted by Crippen LogP contribution is 2.16. The van der Waals surface area contributed by atoms with E-state index in [0.29, 0.717) is 18.3 Å². The summed E-state index contributed by atoms with van der Waals surface area (Å²) in [4.78, 5) is 20.1. The molecule has 96 valence electrons. The molecule has 5 N–H and O–H groups in total. The molecule has 1 aromatic heterocycles. The van der Waals surface area contributed by atoms with Crippen molar-refractivity contribution in [2.75, 3.05) is 30.3 Å². The van der Waals surface area contributed by atoms with E-state index in [9.17, 15) is 4.79 Å². The van der Waals surface area contributed by atoms with Crippen molar-refractivity contribution in [1.29, 1.82) is 0 Å². The third-order valence-electron chi connectivity index (χ3n) is 2.39. The molecular formula is C11H21N5O. The van der Waals surface area contributed by atoms with Gasteiger partial charge in [-0.1, -0.05) is 13.8 Å². The van der Waals surface area contributed by atoms with Crippen LogP contribution in [0.25, 0.3) is 0 Å². The van der Waals surface area contributed by atoms with Crippen molar-refractivity contribution in [3.63, 3.8) is 0 Å². The van der Waals surface area contributed by atoms with E-state index in [1.54, 1.807) is 0 Å². The van der Waals surface area contributed by atoms with Crippen LogP contribution in [0.4, 0.5) is 11.5 Å². The summed E-state index contributed by atoms with van der Waals surface area (Å²) in [5.74, 6) is 1.02. The van der Waals surface area contributed by atoms with E-state index in [4.69, 9.17) is 11.5 Å². The van der Waals surface area contributed by atoms with Crippen molar-refractivity contribution in [3.05, 3.63) is 16.7 Å². The van der Waals surface area contributed by atoms with Gasteiger partial charge in [-0.25, -0.2) is 4.98 Å². The molecule has 0 atom stereocenters. The van der Waals surface area contributed by atoms with Crippen LogP contribution in [0.5, 0.6) is 0 Å². The van der Waals surface area contributed by atoms with Crippen molar-refractivity contribution < 1.29 is 0 Å². The fraction of sp³-hybridized carbons (Fsp3) is 0.636. The van der Waals surface area contributed by atoms with Gasteiger partial charge in [0.1, 0.15) is 5.69 Å². The maximum atomic E-state index is 11.4. The van der Waals surface area contributed by atoms with Crippen LogP contribution < -0.4 is 21.9 Å². The molecule has 0 spiro atoms. The number of rotatable bonds is 6. The lowest BCUT2D eigenvalue weighted by Crippen LogP contribution is -2.33. The van der Waals surface area contributed by atoms with Gasteiger partial charge in [-0.2, -0.15) is 0 Å². The summed E-state index contributed by atoms with van der Waals surface area (Å²) >= 11 is 0. The molecule has 0 amide bonds. The molecule has 0 saturated carbocycles. The molecule has 6 nitrogen and oxygen atoms in total. The van der Waals surface area contributed by atoms with Crippen molar-refractivity contribution in [1.82, 2.24) is 9.97 Å². The van der Waals surface area contributed by atoms with Crippen molar-refractivity contribution in [3.8, 4) is 0 Å². The number of H-pyrrole nitrogens is 1. The summed E-state index contributed by atoms with van der Waals surface area (Å²) in [5, 5.41) is 0. The minimum Gasteiger partial charge on any atom is -0.391 e. The molecule has 1 aromatic rings. The van der Waals surface area contributed by atoms with Gasteiger partial charge in [-0.05, 0) is 18.9 Å². The number of hydrogen-bond acceptors (Lipinski definition) is 5. The van der Waals surface area contributed by atoms with E-state index in [-0.39, 0.29) is 11.2 Å². The molecule has 0 bridgehead atoms. The maximum absolute atomic E-state index is 11.4. The Labute approximate surface area is 101 Å². The standard InChI is InChI=1S/C11H21N5O/c1-8(2)6-16(5-3-4-12)10-9(13)11(17)15-7-14-10/h7-8H,3-6,12-13H2,1-2H3,(H,14,15,17). The highest BCUT2D eigenvalue weighted by Gasteiger charge is 2.14. The van der Waals surface area contributed by atoms with E-state index in [0.717, 1.165) is 19.5 Å². The third kappa shape index (κ3) is 3.74. The lowest BCUT2D eigenvalue weighted by molar-refractivity contribution is 0.596. The molecule has 1 rings (SSSR count). The van der Waals surface area contributed by atoms with Crippen LogP contribution in [0, 0.1) is 5.92 Å². The molecule has 0 saturated heterocycles. The normalized spacial score (nSPS) is 10.8. The Hall–Kier alpha value is -1.56. The number of nitrogens with two attached hydrogens (primary N) is 2. The zero-order valence-electron chi connectivity index (χ0n) is 10.4. The predicted octanol–water partition coefficient (Wildman–Crippen LogP) is 0.163. The highest BCUT2D eigenvalue weighted by molar-refractivity contribution is 5.60. The van der Waals surface area contributed by atoms with Crippen LogP contribution in [0.15, 0.2) is 11.1 Å². The number of hydrogen-bond donors (Lipinski definition) is 3. The quantitative estimate of drug-likeness (QED) is 0.656. The predicted molar refractivity (Wildman–Crippen MR) is 70.0 cm³/mol. The first-order valence-corrected chi connectivity index (χ1v) is 5.84. The van der Waals surface area contributed by atoms with Crippen LogP contribution in [0.1, 0.15) is 20.3 Å². The zero-order chi connectivity index (χ0) is 12.8. The Balaban J connectivity index is 2.95. The highest BCUT2D eigenvalue weighted by atomic mass is 16.1. The largest absolute Gasteiger partial charge is 0.391 e. The van der Waals surface area contributed by atoms with Crippen LogP contribution in [0.2, 0.25) is 0 Å². The molecule has 0 radical (unpaired) electrons. The van der Waals surface area contributed by atoms with Crippen molar-refractivity contribution in [2.45, 2.75) is 20.3 Å². The minimum absolute atomic E-state index is 0.171. The molecule has 0 aromatic carbocycles. The summed E-state index contributed by atoms with van der Waals surface area (Å²) in [6.45, 7) is 6.39. The van der Waals surface area contributed by atoms with Gasteiger partial charge >= 0.3 is 0 Å². The molecule has 0 aliphatic carbocycles. The maximum Gasteiger partial charge on any atom is 0.276 e. The molecule has 17 heavy (non-hydrogen) atoms. The summed E-state index contributed by atoms with van der Waals surface area (Å²) < 4.78 is 0. The number of nitrogens with one attached hydrogen (secondary N) is 1. The Morgan fingerprint density at radius 1 is 1.53 bits per heavy atom. The first-order valence-electron chi connectivity index (χ1n) is 5.84. The summed E-state index contributed by atoms with van der Waals surface area (Å²) in [5.41, 5.74) is 11.1. The van der Waals surface area contributed by atoms with Crippen LogP contribution in [-0.4, -0.2) is 29.6 Å². The van der Waals surface area contributed by atoms with E-state index < -0.39 is 0 Å². The van der Waals surface area contributed by atoms with Crippen LogP contribution >= 0.6 is 0 Å². The number of aromatic amines is 1. The number of nitrogens with zero attached hydrogens (tertiary/aromatic N) is 2. The van der Waals surface area contributed by atoms with Gasteiger partial charge in [0.2, 0.25) is 0 Å². The number of nitrogen functional groups attached to an aromatic ring is 1. The second-order valence-corrected chi connectivity index (χ2v) is 4.45. The van der Waals surface area contributed by atoms with Crippen LogP contribution in [-0.2, 0) is 0 Å². The minimum atomic E-state index is -0.295. The van der Waals surface area contributed by atoms with Gasteiger partial charge in [0.05, 0.1) is 6.33 Å². The van der Waals surface area contributed by atoms with Crippen LogP contribution in [0.3, 0.4) is 0 Å². The SMILES string of the molecule is CC(C)CN(CCCN)c1nc[nH]c(=O)c1N. The topological polar surface area (TPSA) is 101 Å². The Bertz CT molecular complexity index is 401. The number of anilines is 2. The van der Waals surface area contributed by atoms with Gasteiger partial charge in [0, 0.05) is 13.1 Å². The second-order valence-electron chi connectivity index (χ2n) is 4.45. The lowest BCUT2D eigenvalue weighted by atomic mass is 10.2. The summed E-state index contributed by atoms with van der Waals surface area (Å²) in [7, 11) is 0. The molecule has 0 unspecified atom stereocenters. The average molecular weight is 239 g/mol. The molecule has 0 fully saturated rings. The van der Waals surface area contributed by atoms with Gasteiger partial charge < -0.3 is 21.4 Å².